The zero-order valence-electron chi connectivity index (χ0n) is 30.3. The number of aromatic nitrogens is 2. The van der Waals surface area contributed by atoms with Crippen LogP contribution in [0.25, 0.3) is 90.0 Å². The SMILES string of the molecule is [2H]c1c(-n2c3ccccc3c3cc4ccccc4cc32)c([2H])c2c(sc3c([2H])c4c([2H])c([2H])c([2H])c([2H])c4c(-c4nc5ccccc5s4)c32)c1[2H]. The number of thiophene rings is 1. The van der Waals surface area contributed by atoms with Crippen LogP contribution < -0.4 is 0 Å². The molecule has 3 aromatic heterocycles. The maximum Gasteiger partial charge on any atom is 0.125 e. The summed E-state index contributed by atoms with van der Waals surface area (Å²) in [7, 11) is 0. The number of hydrogen-bond donors (Lipinski definition) is 0. The molecule has 0 bridgehead atoms. The van der Waals surface area contributed by atoms with Crippen LogP contribution in [-0.4, -0.2) is 9.55 Å². The van der Waals surface area contributed by atoms with Crippen LogP contribution in [0.4, 0.5) is 0 Å². The summed E-state index contributed by atoms with van der Waals surface area (Å²) in [6.07, 6.45) is 0. The van der Waals surface area contributed by atoms with Crippen LogP contribution in [0.15, 0.2) is 133 Å². The quantitative estimate of drug-likeness (QED) is 0.196. The van der Waals surface area contributed by atoms with E-state index in [1.54, 1.807) is 0 Å². The third-order valence-electron chi connectivity index (χ3n) is 8.14. The van der Waals surface area contributed by atoms with Gasteiger partial charge in [0.05, 0.1) is 32.2 Å². The average molecular weight is 591 g/mol. The fourth-order valence-electron chi connectivity index (χ4n) is 6.26. The molecule has 0 aliphatic carbocycles. The van der Waals surface area contributed by atoms with Crippen molar-refractivity contribution in [2.24, 2.45) is 0 Å². The molecular weight excluding hydrogens is 561 g/mol. The minimum absolute atomic E-state index is 0.00462. The normalized spacial score (nSPS) is 14.8. The first-order chi connectivity index (χ1) is 24.7. The van der Waals surface area contributed by atoms with E-state index in [0.717, 1.165) is 48.6 Å². The first-order valence-corrected chi connectivity index (χ1v) is 15.5. The van der Waals surface area contributed by atoms with Gasteiger partial charge in [-0.25, -0.2) is 4.98 Å². The van der Waals surface area contributed by atoms with E-state index in [0.29, 0.717) is 36.3 Å². The highest BCUT2D eigenvalue weighted by Crippen LogP contribution is 2.47. The topological polar surface area (TPSA) is 17.8 Å². The number of benzene rings is 7. The zero-order valence-corrected chi connectivity index (χ0v) is 23.9. The molecule has 0 aliphatic heterocycles. The Kier molecular flexibility index (Phi) is 3.49. The molecule has 0 radical (unpaired) electrons. The van der Waals surface area contributed by atoms with Crippen LogP contribution >= 0.6 is 22.7 Å². The predicted octanol–water partition coefficient (Wildman–Crippen LogP) is 11.7. The van der Waals surface area contributed by atoms with Crippen molar-refractivity contribution >= 4 is 96.4 Å². The molecule has 0 unspecified atom stereocenters. The molecule has 10 aromatic rings. The Morgan fingerprint density at radius 1 is 0.581 bits per heavy atom. The lowest BCUT2D eigenvalue weighted by Gasteiger charge is -2.10. The van der Waals surface area contributed by atoms with Gasteiger partial charge in [0, 0.05) is 42.2 Å². The van der Waals surface area contributed by atoms with E-state index in [1.165, 1.54) is 11.3 Å². The molecule has 0 saturated carbocycles. The summed E-state index contributed by atoms with van der Waals surface area (Å²) in [6, 6.07) is 25.9. The molecule has 0 spiro atoms. The molecule has 10 rings (SSSR count). The van der Waals surface area contributed by atoms with Gasteiger partial charge in [0.15, 0.2) is 0 Å². The summed E-state index contributed by atoms with van der Waals surface area (Å²) >= 11 is 2.49. The first kappa shape index (κ1) is 17.2. The highest BCUT2D eigenvalue weighted by atomic mass is 32.1. The largest absolute Gasteiger partial charge is 0.309 e. The average Bonchev–Trinajstić information content (AvgIpc) is 3.84. The molecule has 0 saturated heterocycles. The van der Waals surface area contributed by atoms with Gasteiger partial charge < -0.3 is 4.57 Å². The molecule has 0 fully saturated rings. The Balaban J connectivity index is 1.45. The van der Waals surface area contributed by atoms with Gasteiger partial charge in [-0.2, -0.15) is 0 Å². The zero-order chi connectivity index (χ0) is 35.0. The lowest BCUT2D eigenvalue weighted by atomic mass is 9.99. The molecule has 0 atom stereocenters. The molecule has 0 N–H and O–H groups in total. The Labute approximate surface area is 265 Å². The molecule has 0 amide bonds. The van der Waals surface area contributed by atoms with Crippen LogP contribution in [0.1, 0.15) is 11.0 Å². The third kappa shape index (κ3) is 3.36. The summed E-state index contributed by atoms with van der Waals surface area (Å²) in [6.45, 7) is 0. The van der Waals surface area contributed by atoms with Crippen LogP contribution in [-0.2, 0) is 0 Å². The van der Waals surface area contributed by atoms with Gasteiger partial charge in [0.2, 0.25) is 0 Å². The molecule has 2 nitrogen and oxygen atoms in total. The van der Waals surface area contributed by atoms with E-state index in [1.807, 2.05) is 71.3 Å². The van der Waals surface area contributed by atoms with Gasteiger partial charge in [0.1, 0.15) is 5.01 Å². The molecule has 4 heteroatoms. The van der Waals surface area contributed by atoms with E-state index in [2.05, 4.69) is 18.2 Å². The van der Waals surface area contributed by atoms with E-state index in [4.69, 9.17) is 10.5 Å². The summed E-state index contributed by atoms with van der Waals surface area (Å²) in [5.41, 5.74) is 2.93. The number of thiazole rings is 1. The van der Waals surface area contributed by atoms with Crippen LogP contribution in [0.2, 0.25) is 0 Å². The summed E-state index contributed by atoms with van der Waals surface area (Å²) < 4.78 is 76.7. The Morgan fingerprint density at radius 2 is 1.40 bits per heavy atom. The monoisotopic (exact) mass is 590 g/mol. The smallest absolute Gasteiger partial charge is 0.125 e. The van der Waals surface area contributed by atoms with Gasteiger partial charge in [0.25, 0.3) is 0 Å². The second kappa shape index (κ2) is 8.74. The van der Waals surface area contributed by atoms with Crippen LogP contribution in [0.5, 0.6) is 0 Å². The summed E-state index contributed by atoms with van der Waals surface area (Å²) in [5, 5.41) is 5.46. The Morgan fingerprint density at radius 3 is 2.33 bits per heavy atom. The van der Waals surface area contributed by atoms with Gasteiger partial charge in [-0.3, -0.25) is 0 Å². The highest BCUT2D eigenvalue weighted by molar-refractivity contribution is 7.26. The van der Waals surface area contributed by atoms with Crippen molar-refractivity contribution in [2.75, 3.05) is 0 Å². The molecular formula is C39H22N2S2. The van der Waals surface area contributed by atoms with E-state index < -0.39 is 12.1 Å². The molecule has 3 heterocycles. The summed E-state index contributed by atoms with van der Waals surface area (Å²) in [4.78, 5) is 4.93. The number of fused-ring (bicyclic) bond motifs is 9. The number of nitrogens with zero attached hydrogens (tertiary/aromatic N) is 2. The van der Waals surface area contributed by atoms with Crippen molar-refractivity contribution in [2.45, 2.75) is 0 Å². The van der Waals surface area contributed by atoms with Crippen LogP contribution in [0, 0.1) is 0 Å². The van der Waals surface area contributed by atoms with Crippen molar-refractivity contribution in [3.05, 3.63) is 133 Å². The molecule has 0 aliphatic rings. The van der Waals surface area contributed by atoms with Gasteiger partial charge in [-0.1, -0.05) is 78.8 Å². The van der Waals surface area contributed by atoms with E-state index in [-0.39, 0.29) is 52.7 Å². The third-order valence-corrected chi connectivity index (χ3v) is 10.2. The standard InChI is InChI=1S/C39H22N2S2/c1-2-10-24-20-33-29(19-23(24)9-1)28-13-5-7-15-32(28)41(33)26-17-18-34-30(22-26)37-36(42-34)21-25-11-3-4-12-27(25)38(37)39-40-31-14-6-8-16-35(31)43-39/h1-22H/i3D,4D,11D,12D,17D,18D,21D,22D. The minimum Gasteiger partial charge on any atom is -0.309 e. The van der Waals surface area contributed by atoms with Gasteiger partial charge in [-0.05, 0) is 76.0 Å². The Hall–Kier alpha value is -5.03. The van der Waals surface area contributed by atoms with Gasteiger partial charge >= 0.3 is 0 Å². The molecule has 7 aromatic carbocycles. The summed E-state index contributed by atoms with van der Waals surface area (Å²) in [5.74, 6) is 0. The number of para-hydroxylation sites is 2. The second-order valence-corrected chi connectivity index (χ2v) is 12.6. The van der Waals surface area contributed by atoms with Crippen molar-refractivity contribution in [3.8, 4) is 16.3 Å². The fourth-order valence-corrected chi connectivity index (χ4v) is 8.31. The minimum atomic E-state index is -0.436. The maximum absolute atomic E-state index is 9.94. The van der Waals surface area contributed by atoms with Crippen molar-refractivity contribution in [1.82, 2.24) is 9.55 Å². The van der Waals surface area contributed by atoms with Crippen molar-refractivity contribution in [1.29, 1.82) is 0 Å². The second-order valence-electron chi connectivity index (χ2n) is 10.5. The van der Waals surface area contributed by atoms with Crippen LogP contribution in [0.3, 0.4) is 0 Å². The number of hydrogen-bond acceptors (Lipinski definition) is 3. The molecule has 200 valence electrons. The van der Waals surface area contributed by atoms with Crippen molar-refractivity contribution < 1.29 is 11.0 Å². The van der Waals surface area contributed by atoms with E-state index >= 15 is 0 Å². The van der Waals surface area contributed by atoms with Crippen molar-refractivity contribution in [3.63, 3.8) is 0 Å². The maximum atomic E-state index is 9.94. The molecule has 43 heavy (non-hydrogen) atoms. The lowest BCUT2D eigenvalue weighted by Crippen LogP contribution is -1.93. The lowest BCUT2D eigenvalue weighted by molar-refractivity contribution is 1.19. The highest BCUT2D eigenvalue weighted by Gasteiger charge is 2.20. The predicted molar refractivity (Wildman–Crippen MR) is 187 cm³/mol. The van der Waals surface area contributed by atoms with E-state index in [9.17, 15) is 5.48 Å². The first-order valence-electron chi connectivity index (χ1n) is 17.8. The van der Waals surface area contributed by atoms with Gasteiger partial charge in [-0.15, -0.1) is 22.7 Å². The number of rotatable bonds is 2. The Bertz CT molecular complexity index is 3160. The fraction of sp³-hybridized carbons (Fsp3) is 0.